The number of halogens is 1. The van der Waals surface area contributed by atoms with Crippen LogP contribution in [0.3, 0.4) is 0 Å². The molecule has 0 bridgehead atoms. The number of thiophene rings is 1. The molecule has 0 unspecified atom stereocenters. The summed E-state index contributed by atoms with van der Waals surface area (Å²) in [4.78, 5) is 21.2. The Kier molecular flexibility index (Phi) is 4.47. The standard InChI is InChI=1S/C16H13ClN2OS2/c1-9(20)10(2)22-16-14-13(7-21-15(14)18-8-19-16)11-3-5-12(17)6-4-11/h3-8,10H,1-2H3/t10-/m1/s1. The molecule has 112 valence electrons. The SMILES string of the molecule is CC(=O)[C@@H](C)Sc1ncnc2scc(-c3ccc(Cl)cc3)c12. The maximum absolute atomic E-state index is 11.5. The van der Waals surface area contributed by atoms with Crippen molar-refractivity contribution in [3.8, 4) is 11.1 Å². The van der Waals surface area contributed by atoms with Gasteiger partial charge in [-0.3, -0.25) is 4.79 Å². The van der Waals surface area contributed by atoms with Gasteiger partial charge in [0.2, 0.25) is 0 Å². The molecular formula is C16H13ClN2OS2. The number of carbonyl (C=O) groups is 1. The highest BCUT2D eigenvalue weighted by molar-refractivity contribution is 8.00. The van der Waals surface area contributed by atoms with E-state index in [-0.39, 0.29) is 11.0 Å². The molecule has 6 heteroatoms. The summed E-state index contributed by atoms with van der Waals surface area (Å²) in [7, 11) is 0. The fourth-order valence-electron chi connectivity index (χ4n) is 2.03. The van der Waals surface area contributed by atoms with Gasteiger partial charge >= 0.3 is 0 Å². The minimum atomic E-state index is -0.129. The predicted molar refractivity (Wildman–Crippen MR) is 93.9 cm³/mol. The summed E-state index contributed by atoms with van der Waals surface area (Å²) in [5, 5.41) is 4.51. The van der Waals surface area contributed by atoms with Gasteiger partial charge in [-0.2, -0.15) is 0 Å². The van der Waals surface area contributed by atoms with Crippen molar-refractivity contribution in [1.29, 1.82) is 0 Å². The van der Waals surface area contributed by atoms with Gasteiger partial charge in [0, 0.05) is 16.0 Å². The van der Waals surface area contributed by atoms with Crippen LogP contribution < -0.4 is 0 Å². The number of ketones is 1. The summed E-state index contributed by atoms with van der Waals surface area (Å²) in [5.74, 6) is 0.139. The summed E-state index contributed by atoms with van der Waals surface area (Å²) in [5.41, 5.74) is 2.15. The smallest absolute Gasteiger partial charge is 0.142 e. The minimum absolute atomic E-state index is 0.129. The van der Waals surface area contributed by atoms with Crippen LogP contribution in [-0.4, -0.2) is 21.0 Å². The van der Waals surface area contributed by atoms with Crippen molar-refractivity contribution in [3.05, 3.63) is 41.0 Å². The Morgan fingerprint density at radius 2 is 2.00 bits per heavy atom. The average molecular weight is 349 g/mol. The molecule has 0 saturated heterocycles. The number of Topliss-reactive ketones (excluding diaryl/α,β-unsaturated/α-hetero) is 1. The number of hydrogen-bond donors (Lipinski definition) is 0. The number of hydrogen-bond acceptors (Lipinski definition) is 5. The van der Waals surface area contributed by atoms with Gasteiger partial charge in [0.1, 0.15) is 22.0 Å². The number of fused-ring (bicyclic) bond motifs is 1. The number of aromatic nitrogens is 2. The fourth-order valence-corrected chi connectivity index (χ4v) is 4.07. The Morgan fingerprint density at radius 3 is 2.68 bits per heavy atom. The second-order valence-electron chi connectivity index (χ2n) is 4.89. The van der Waals surface area contributed by atoms with Gasteiger partial charge in [0.25, 0.3) is 0 Å². The van der Waals surface area contributed by atoms with E-state index < -0.39 is 0 Å². The largest absolute Gasteiger partial charge is 0.299 e. The molecule has 22 heavy (non-hydrogen) atoms. The third-order valence-electron chi connectivity index (χ3n) is 3.35. The molecule has 0 aliphatic rings. The molecule has 2 aromatic heterocycles. The van der Waals surface area contributed by atoms with Crippen LogP contribution in [0.5, 0.6) is 0 Å². The van der Waals surface area contributed by atoms with Crippen molar-refractivity contribution in [2.24, 2.45) is 0 Å². The summed E-state index contributed by atoms with van der Waals surface area (Å²) < 4.78 is 0. The van der Waals surface area contributed by atoms with Gasteiger partial charge in [-0.25, -0.2) is 9.97 Å². The second kappa shape index (κ2) is 6.36. The Labute approximate surface area is 141 Å². The lowest BCUT2D eigenvalue weighted by molar-refractivity contribution is -0.116. The van der Waals surface area contributed by atoms with E-state index in [0.717, 1.165) is 26.4 Å². The Morgan fingerprint density at radius 1 is 1.27 bits per heavy atom. The fraction of sp³-hybridized carbons (Fsp3) is 0.188. The highest BCUT2D eigenvalue weighted by Gasteiger charge is 2.17. The van der Waals surface area contributed by atoms with Crippen molar-refractivity contribution in [1.82, 2.24) is 9.97 Å². The van der Waals surface area contributed by atoms with Crippen molar-refractivity contribution in [3.63, 3.8) is 0 Å². The Hall–Kier alpha value is -1.43. The first kappa shape index (κ1) is 15.5. The first-order valence-corrected chi connectivity index (χ1v) is 8.85. The molecule has 0 N–H and O–H groups in total. The van der Waals surface area contributed by atoms with Crippen molar-refractivity contribution in [2.45, 2.75) is 24.1 Å². The summed E-state index contributed by atoms with van der Waals surface area (Å²) in [6.07, 6.45) is 1.56. The maximum atomic E-state index is 11.5. The Balaban J connectivity index is 2.12. The molecule has 1 atom stereocenters. The van der Waals surface area contributed by atoms with E-state index in [0.29, 0.717) is 5.02 Å². The van der Waals surface area contributed by atoms with E-state index in [2.05, 4.69) is 15.3 Å². The first-order chi connectivity index (χ1) is 10.6. The zero-order valence-corrected chi connectivity index (χ0v) is 14.4. The minimum Gasteiger partial charge on any atom is -0.299 e. The van der Waals surface area contributed by atoms with E-state index in [1.54, 1.807) is 24.6 Å². The van der Waals surface area contributed by atoms with Gasteiger partial charge in [0.05, 0.1) is 10.6 Å². The molecule has 2 heterocycles. The average Bonchev–Trinajstić information content (AvgIpc) is 2.93. The molecule has 0 fully saturated rings. The van der Waals surface area contributed by atoms with Crippen molar-refractivity contribution < 1.29 is 4.79 Å². The lowest BCUT2D eigenvalue weighted by Gasteiger charge is -2.09. The van der Waals surface area contributed by atoms with Crippen molar-refractivity contribution in [2.75, 3.05) is 0 Å². The molecule has 0 radical (unpaired) electrons. The normalized spacial score (nSPS) is 12.5. The van der Waals surface area contributed by atoms with Crippen molar-refractivity contribution >= 4 is 50.7 Å². The molecule has 3 nitrogen and oxygen atoms in total. The van der Waals surface area contributed by atoms with Crippen LogP contribution in [0.4, 0.5) is 0 Å². The number of nitrogens with zero attached hydrogens (tertiary/aromatic N) is 2. The van der Waals surface area contributed by atoms with Crippen LogP contribution in [0.1, 0.15) is 13.8 Å². The summed E-state index contributed by atoms with van der Waals surface area (Å²) in [6, 6.07) is 7.71. The molecule has 0 aliphatic heterocycles. The lowest BCUT2D eigenvalue weighted by atomic mass is 10.1. The van der Waals surface area contributed by atoms with Crippen LogP contribution >= 0.6 is 34.7 Å². The van der Waals surface area contributed by atoms with E-state index in [1.165, 1.54) is 11.8 Å². The van der Waals surface area contributed by atoms with E-state index in [9.17, 15) is 4.79 Å². The third-order valence-corrected chi connectivity index (χ3v) is 5.71. The molecule has 0 amide bonds. The Bertz CT molecular complexity index is 830. The quantitative estimate of drug-likeness (QED) is 0.487. The van der Waals surface area contributed by atoms with Crippen LogP contribution in [0.25, 0.3) is 21.3 Å². The lowest BCUT2D eigenvalue weighted by Crippen LogP contribution is -2.08. The second-order valence-corrected chi connectivity index (χ2v) is 7.51. The van der Waals surface area contributed by atoms with Crippen LogP contribution in [0.2, 0.25) is 5.02 Å². The van der Waals surface area contributed by atoms with Gasteiger partial charge in [-0.05, 0) is 31.5 Å². The number of benzene rings is 1. The van der Waals surface area contributed by atoms with E-state index in [4.69, 9.17) is 11.6 Å². The third kappa shape index (κ3) is 3.02. The van der Waals surface area contributed by atoms with Gasteiger partial charge < -0.3 is 0 Å². The number of rotatable bonds is 4. The highest BCUT2D eigenvalue weighted by Crippen LogP contribution is 2.39. The first-order valence-electron chi connectivity index (χ1n) is 6.71. The zero-order valence-electron chi connectivity index (χ0n) is 12.0. The van der Waals surface area contributed by atoms with Crippen LogP contribution in [0.15, 0.2) is 41.0 Å². The molecule has 3 rings (SSSR count). The maximum Gasteiger partial charge on any atom is 0.142 e. The monoisotopic (exact) mass is 348 g/mol. The van der Waals surface area contributed by atoms with E-state index >= 15 is 0 Å². The predicted octanol–water partition coefficient (Wildman–Crippen LogP) is 5.08. The molecule has 3 aromatic rings. The van der Waals surface area contributed by atoms with Gasteiger partial charge in [-0.1, -0.05) is 35.5 Å². The molecule has 0 aliphatic carbocycles. The molecule has 1 aromatic carbocycles. The van der Waals surface area contributed by atoms with Gasteiger partial charge in [-0.15, -0.1) is 11.3 Å². The topological polar surface area (TPSA) is 42.9 Å². The summed E-state index contributed by atoms with van der Waals surface area (Å²) in [6.45, 7) is 3.50. The number of thioether (sulfide) groups is 1. The van der Waals surface area contributed by atoms with E-state index in [1.807, 2.05) is 31.2 Å². The van der Waals surface area contributed by atoms with Crippen LogP contribution in [0, 0.1) is 0 Å². The molecular weight excluding hydrogens is 336 g/mol. The summed E-state index contributed by atoms with van der Waals surface area (Å²) >= 11 is 9.02. The number of carbonyl (C=O) groups excluding carboxylic acids is 1. The molecule has 0 spiro atoms. The van der Waals surface area contributed by atoms with Gasteiger partial charge in [0.15, 0.2) is 0 Å². The van der Waals surface area contributed by atoms with Crippen LogP contribution in [-0.2, 0) is 4.79 Å². The highest BCUT2D eigenvalue weighted by atomic mass is 35.5. The zero-order chi connectivity index (χ0) is 15.7. The molecule has 0 saturated carbocycles.